The molecule has 0 bridgehead atoms. The highest BCUT2D eigenvalue weighted by Crippen LogP contribution is 2.24. The first kappa shape index (κ1) is 13.0. The van der Waals surface area contributed by atoms with Gasteiger partial charge >= 0.3 is 0 Å². The molecule has 0 heterocycles. The van der Waals surface area contributed by atoms with Gasteiger partial charge in [-0.25, -0.2) is 0 Å². The first-order valence-electron chi connectivity index (χ1n) is 6.34. The Morgan fingerprint density at radius 1 is 1.20 bits per heavy atom. The van der Waals surface area contributed by atoms with Crippen LogP contribution in [-0.2, 0) is 0 Å². The molecular weight excluding hydrogens is 184 g/mol. The predicted octanol–water partition coefficient (Wildman–Crippen LogP) is 2.49. The van der Waals surface area contributed by atoms with Crippen LogP contribution in [-0.4, -0.2) is 37.1 Å². The van der Waals surface area contributed by atoms with Crippen molar-refractivity contribution in [2.75, 3.05) is 20.6 Å². The van der Waals surface area contributed by atoms with E-state index in [1.807, 2.05) is 0 Å². The second-order valence-corrected chi connectivity index (χ2v) is 5.96. The molecule has 0 amide bonds. The van der Waals surface area contributed by atoms with Crippen LogP contribution in [0.15, 0.2) is 0 Å². The molecule has 0 radical (unpaired) electrons. The molecule has 2 atom stereocenters. The van der Waals surface area contributed by atoms with E-state index in [4.69, 9.17) is 0 Å². The van der Waals surface area contributed by atoms with E-state index in [2.05, 4.69) is 45.1 Å². The molecule has 90 valence electrons. The third-order valence-electron chi connectivity index (χ3n) is 4.12. The molecule has 1 aliphatic carbocycles. The molecule has 0 aliphatic heterocycles. The van der Waals surface area contributed by atoms with Crippen molar-refractivity contribution in [2.45, 2.75) is 58.0 Å². The van der Waals surface area contributed by atoms with Gasteiger partial charge in [0.25, 0.3) is 0 Å². The van der Waals surface area contributed by atoms with Crippen molar-refractivity contribution < 1.29 is 0 Å². The minimum Gasteiger partial charge on any atom is -0.312 e. The summed E-state index contributed by atoms with van der Waals surface area (Å²) in [5, 5.41) is 3.75. The molecule has 0 aromatic carbocycles. The van der Waals surface area contributed by atoms with Gasteiger partial charge in [0.15, 0.2) is 0 Å². The van der Waals surface area contributed by atoms with Crippen molar-refractivity contribution in [1.82, 2.24) is 10.2 Å². The van der Waals surface area contributed by atoms with Crippen molar-refractivity contribution in [3.63, 3.8) is 0 Å². The number of hydrogen-bond donors (Lipinski definition) is 1. The Labute approximate surface area is 95.4 Å². The molecule has 1 fully saturated rings. The van der Waals surface area contributed by atoms with Gasteiger partial charge in [-0.2, -0.15) is 0 Å². The van der Waals surface area contributed by atoms with Crippen LogP contribution < -0.4 is 5.32 Å². The maximum absolute atomic E-state index is 3.75. The van der Waals surface area contributed by atoms with E-state index in [1.165, 1.54) is 25.7 Å². The number of nitrogens with one attached hydrogen (secondary N) is 1. The summed E-state index contributed by atoms with van der Waals surface area (Å²) in [6, 6.07) is 0.748. The quantitative estimate of drug-likeness (QED) is 0.770. The van der Waals surface area contributed by atoms with Gasteiger partial charge in [0.2, 0.25) is 0 Å². The highest BCUT2D eigenvalue weighted by atomic mass is 15.2. The fourth-order valence-electron chi connectivity index (χ4n) is 2.16. The molecule has 1 rings (SSSR count). The Kier molecular flexibility index (Phi) is 4.60. The lowest BCUT2D eigenvalue weighted by atomic mass is 9.85. The van der Waals surface area contributed by atoms with E-state index in [9.17, 15) is 0 Å². The van der Waals surface area contributed by atoms with Crippen LogP contribution in [0.2, 0.25) is 0 Å². The molecule has 2 unspecified atom stereocenters. The zero-order valence-electron chi connectivity index (χ0n) is 11.1. The third kappa shape index (κ3) is 3.76. The Balaban J connectivity index is 2.35. The van der Waals surface area contributed by atoms with Gasteiger partial charge in [0, 0.05) is 18.1 Å². The second kappa shape index (κ2) is 5.31. The molecular formula is C13H28N2. The summed E-state index contributed by atoms with van der Waals surface area (Å²) in [6.45, 7) is 8.08. The molecule has 0 spiro atoms. The van der Waals surface area contributed by atoms with Gasteiger partial charge in [-0.1, -0.05) is 19.8 Å². The van der Waals surface area contributed by atoms with E-state index in [0.717, 1.165) is 18.5 Å². The first-order chi connectivity index (χ1) is 6.93. The molecule has 0 saturated heterocycles. The molecule has 1 aliphatic rings. The lowest BCUT2D eigenvalue weighted by Gasteiger charge is -2.37. The summed E-state index contributed by atoms with van der Waals surface area (Å²) < 4.78 is 0. The van der Waals surface area contributed by atoms with Crippen LogP contribution in [0.3, 0.4) is 0 Å². The summed E-state index contributed by atoms with van der Waals surface area (Å²) in [4.78, 5) is 2.30. The smallest absolute Gasteiger partial charge is 0.0271 e. The van der Waals surface area contributed by atoms with Gasteiger partial charge in [-0.3, -0.25) is 0 Å². The van der Waals surface area contributed by atoms with Crippen molar-refractivity contribution in [1.29, 1.82) is 0 Å². The summed E-state index contributed by atoms with van der Waals surface area (Å²) in [5.41, 5.74) is 0.261. The molecule has 1 saturated carbocycles. The maximum atomic E-state index is 3.75. The lowest BCUT2D eigenvalue weighted by Crippen LogP contribution is -2.50. The van der Waals surface area contributed by atoms with Crippen LogP contribution in [0.5, 0.6) is 0 Å². The average molecular weight is 212 g/mol. The number of likely N-dealkylation sites (N-methyl/N-ethyl adjacent to an activating group) is 1. The minimum atomic E-state index is 0.261. The summed E-state index contributed by atoms with van der Waals surface area (Å²) >= 11 is 0. The fraction of sp³-hybridized carbons (Fsp3) is 1.00. The van der Waals surface area contributed by atoms with E-state index in [-0.39, 0.29) is 5.54 Å². The summed E-state index contributed by atoms with van der Waals surface area (Å²) in [6.07, 6.45) is 5.60. The first-order valence-corrected chi connectivity index (χ1v) is 6.34. The van der Waals surface area contributed by atoms with Crippen LogP contribution in [0, 0.1) is 5.92 Å². The largest absolute Gasteiger partial charge is 0.312 e. The van der Waals surface area contributed by atoms with Crippen molar-refractivity contribution in [2.24, 2.45) is 5.92 Å². The highest BCUT2D eigenvalue weighted by Gasteiger charge is 2.25. The van der Waals surface area contributed by atoms with E-state index >= 15 is 0 Å². The number of hydrogen-bond acceptors (Lipinski definition) is 2. The molecule has 0 aromatic heterocycles. The van der Waals surface area contributed by atoms with Crippen molar-refractivity contribution in [3.8, 4) is 0 Å². The van der Waals surface area contributed by atoms with Crippen molar-refractivity contribution in [3.05, 3.63) is 0 Å². The van der Waals surface area contributed by atoms with Crippen LogP contribution in [0.25, 0.3) is 0 Å². The van der Waals surface area contributed by atoms with Gasteiger partial charge in [-0.15, -0.1) is 0 Å². The van der Waals surface area contributed by atoms with Gasteiger partial charge in [0.05, 0.1) is 0 Å². The van der Waals surface area contributed by atoms with Crippen LogP contribution >= 0.6 is 0 Å². The SMILES string of the molecule is CC1CCCCC1NCC(C)(C)N(C)C. The predicted molar refractivity (Wildman–Crippen MR) is 67.2 cm³/mol. The molecule has 2 nitrogen and oxygen atoms in total. The fourth-order valence-corrected chi connectivity index (χ4v) is 2.16. The molecule has 0 aromatic rings. The Bertz CT molecular complexity index is 187. The van der Waals surface area contributed by atoms with Gasteiger partial charge in [-0.05, 0) is 46.7 Å². The Hall–Kier alpha value is -0.0800. The second-order valence-electron chi connectivity index (χ2n) is 5.96. The molecule has 15 heavy (non-hydrogen) atoms. The van der Waals surface area contributed by atoms with Gasteiger partial charge < -0.3 is 10.2 Å². The monoisotopic (exact) mass is 212 g/mol. The minimum absolute atomic E-state index is 0.261. The Morgan fingerprint density at radius 3 is 2.33 bits per heavy atom. The standard InChI is InChI=1S/C13H28N2/c1-11-8-6-7-9-12(11)14-10-13(2,3)15(4)5/h11-12,14H,6-10H2,1-5H3. The van der Waals surface area contributed by atoms with E-state index in [0.29, 0.717) is 0 Å². The summed E-state index contributed by atoms with van der Waals surface area (Å²) in [7, 11) is 4.32. The zero-order valence-corrected chi connectivity index (χ0v) is 11.1. The highest BCUT2D eigenvalue weighted by molar-refractivity contribution is 4.85. The number of nitrogens with zero attached hydrogens (tertiary/aromatic N) is 1. The van der Waals surface area contributed by atoms with Crippen molar-refractivity contribution >= 4 is 0 Å². The molecule has 1 N–H and O–H groups in total. The maximum Gasteiger partial charge on any atom is 0.0271 e. The van der Waals surface area contributed by atoms with Crippen LogP contribution in [0.1, 0.15) is 46.5 Å². The number of rotatable bonds is 4. The average Bonchev–Trinajstić information content (AvgIpc) is 2.16. The van der Waals surface area contributed by atoms with E-state index < -0.39 is 0 Å². The lowest BCUT2D eigenvalue weighted by molar-refractivity contribution is 0.168. The topological polar surface area (TPSA) is 15.3 Å². The molecule has 2 heteroatoms. The van der Waals surface area contributed by atoms with Gasteiger partial charge in [0.1, 0.15) is 0 Å². The normalized spacial score (nSPS) is 28.4. The van der Waals surface area contributed by atoms with E-state index in [1.54, 1.807) is 0 Å². The van der Waals surface area contributed by atoms with Crippen LogP contribution in [0.4, 0.5) is 0 Å². The zero-order chi connectivity index (χ0) is 11.5. The third-order valence-corrected chi connectivity index (χ3v) is 4.12. The summed E-state index contributed by atoms with van der Waals surface area (Å²) in [5.74, 6) is 0.858. The Morgan fingerprint density at radius 2 is 1.80 bits per heavy atom.